The van der Waals surface area contributed by atoms with Gasteiger partial charge >= 0.3 is 5.97 Å². The molecule has 2 atom stereocenters. The minimum Gasteiger partial charge on any atom is -0.480 e. The molecule has 0 saturated heterocycles. The summed E-state index contributed by atoms with van der Waals surface area (Å²) in [6.07, 6.45) is 0.726. The molecule has 0 spiro atoms. The predicted molar refractivity (Wildman–Crippen MR) is 95.3 cm³/mol. The van der Waals surface area contributed by atoms with Gasteiger partial charge in [0.15, 0.2) is 0 Å². The quantitative estimate of drug-likeness (QED) is 0.784. The van der Waals surface area contributed by atoms with Gasteiger partial charge in [0.1, 0.15) is 11.0 Å². The highest BCUT2D eigenvalue weighted by Gasteiger charge is 2.25. The molecule has 0 aliphatic rings. The molecule has 0 saturated carbocycles. The number of rotatable bonds is 7. The molecule has 5 nitrogen and oxygen atoms in total. The van der Waals surface area contributed by atoms with Crippen LogP contribution in [0.25, 0.3) is 10.6 Å². The Bertz CT molecular complexity index is 732. The lowest BCUT2D eigenvalue weighted by molar-refractivity contribution is -0.143. The van der Waals surface area contributed by atoms with E-state index in [-0.39, 0.29) is 18.2 Å². The molecule has 0 radical (unpaired) electrons. The van der Waals surface area contributed by atoms with Crippen molar-refractivity contribution in [1.29, 1.82) is 0 Å². The highest BCUT2D eigenvalue weighted by Crippen LogP contribution is 2.26. The topological polar surface area (TPSA) is 79.3 Å². The molecule has 0 aliphatic carbocycles. The van der Waals surface area contributed by atoms with Crippen LogP contribution >= 0.6 is 22.9 Å². The third-order valence-electron chi connectivity index (χ3n) is 3.76. The molecule has 24 heavy (non-hydrogen) atoms. The highest BCUT2D eigenvalue weighted by molar-refractivity contribution is 7.13. The average molecular weight is 367 g/mol. The number of nitrogens with zero attached hydrogens (tertiary/aromatic N) is 1. The zero-order valence-electron chi connectivity index (χ0n) is 13.5. The maximum atomic E-state index is 12.1. The number of hydrogen-bond donors (Lipinski definition) is 2. The second-order valence-electron chi connectivity index (χ2n) is 5.60. The first kappa shape index (κ1) is 18.4. The van der Waals surface area contributed by atoms with Gasteiger partial charge < -0.3 is 10.4 Å². The van der Waals surface area contributed by atoms with Crippen molar-refractivity contribution < 1.29 is 14.7 Å². The van der Waals surface area contributed by atoms with Crippen molar-refractivity contribution in [3.8, 4) is 10.6 Å². The minimum atomic E-state index is -1.02. The zero-order valence-corrected chi connectivity index (χ0v) is 15.0. The molecule has 1 aromatic carbocycles. The summed E-state index contributed by atoms with van der Waals surface area (Å²) in [6.45, 7) is 3.70. The lowest BCUT2D eigenvalue weighted by Gasteiger charge is -2.19. The number of nitrogens with one attached hydrogen (secondary N) is 1. The molecule has 0 fully saturated rings. The Balaban J connectivity index is 2.03. The van der Waals surface area contributed by atoms with E-state index in [0.29, 0.717) is 17.1 Å². The number of carboxylic acid groups (broad SMARTS) is 1. The summed E-state index contributed by atoms with van der Waals surface area (Å²) in [5, 5.41) is 15.0. The van der Waals surface area contributed by atoms with Gasteiger partial charge in [-0.2, -0.15) is 0 Å². The fourth-order valence-corrected chi connectivity index (χ4v) is 3.22. The lowest BCUT2D eigenvalue weighted by Crippen LogP contribution is -2.45. The van der Waals surface area contributed by atoms with Crippen molar-refractivity contribution in [2.24, 2.45) is 5.92 Å². The number of hydrogen-bond acceptors (Lipinski definition) is 4. The molecule has 2 aromatic rings. The Morgan fingerprint density at radius 2 is 2.17 bits per heavy atom. The molecule has 0 unspecified atom stereocenters. The Morgan fingerprint density at radius 3 is 2.79 bits per heavy atom. The number of thiazole rings is 1. The van der Waals surface area contributed by atoms with Crippen molar-refractivity contribution in [2.45, 2.75) is 32.7 Å². The summed E-state index contributed by atoms with van der Waals surface area (Å²) in [6, 6.07) is 6.46. The molecule has 1 amide bonds. The fourth-order valence-electron chi connectivity index (χ4n) is 2.21. The Morgan fingerprint density at radius 1 is 1.42 bits per heavy atom. The van der Waals surface area contributed by atoms with Gasteiger partial charge in [-0.05, 0) is 18.1 Å². The van der Waals surface area contributed by atoms with Crippen LogP contribution in [-0.4, -0.2) is 28.0 Å². The largest absolute Gasteiger partial charge is 0.480 e. The monoisotopic (exact) mass is 366 g/mol. The van der Waals surface area contributed by atoms with Gasteiger partial charge in [0.2, 0.25) is 5.91 Å². The first-order valence-electron chi connectivity index (χ1n) is 7.63. The lowest BCUT2D eigenvalue weighted by atomic mass is 9.99. The van der Waals surface area contributed by atoms with Gasteiger partial charge in [0, 0.05) is 16.0 Å². The Hall–Kier alpha value is -1.92. The van der Waals surface area contributed by atoms with E-state index < -0.39 is 12.0 Å². The average Bonchev–Trinajstić information content (AvgIpc) is 3.00. The van der Waals surface area contributed by atoms with E-state index in [1.165, 1.54) is 11.3 Å². The van der Waals surface area contributed by atoms with Crippen molar-refractivity contribution in [2.75, 3.05) is 0 Å². The highest BCUT2D eigenvalue weighted by atomic mass is 35.5. The summed E-state index contributed by atoms with van der Waals surface area (Å²) >= 11 is 7.40. The van der Waals surface area contributed by atoms with Gasteiger partial charge in [0.05, 0.1) is 12.1 Å². The van der Waals surface area contributed by atoms with Crippen molar-refractivity contribution in [3.05, 3.63) is 40.4 Å². The molecule has 0 bridgehead atoms. The van der Waals surface area contributed by atoms with Gasteiger partial charge in [-0.3, -0.25) is 4.79 Å². The van der Waals surface area contributed by atoms with Crippen LogP contribution in [0.2, 0.25) is 5.02 Å². The van der Waals surface area contributed by atoms with Crippen LogP contribution < -0.4 is 5.32 Å². The maximum Gasteiger partial charge on any atom is 0.326 e. The fraction of sp³-hybridized carbons (Fsp3) is 0.353. The van der Waals surface area contributed by atoms with Crippen LogP contribution in [0.4, 0.5) is 0 Å². The SMILES string of the molecule is CC[C@H](C)[C@H](NC(=O)Cc1csc(-c2cccc(Cl)c2)n1)C(=O)O. The number of aliphatic carboxylic acids is 1. The summed E-state index contributed by atoms with van der Waals surface area (Å²) in [5.41, 5.74) is 1.50. The second kappa shape index (κ2) is 8.26. The number of carbonyl (C=O) groups is 2. The minimum absolute atomic E-state index is 0.0529. The van der Waals surface area contributed by atoms with Gasteiger partial charge in [-0.15, -0.1) is 11.3 Å². The van der Waals surface area contributed by atoms with Crippen molar-refractivity contribution >= 4 is 34.8 Å². The molecule has 2 N–H and O–H groups in total. The number of aromatic nitrogens is 1. The van der Waals surface area contributed by atoms with Crippen LogP contribution in [0.3, 0.4) is 0 Å². The molecule has 0 aliphatic heterocycles. The Labute approximate surface area is 149 Å². The van der Waals surface area contributed by atoms with E-state index >= 15 is 0 Å². The maximum absolute atomic E-state index is 12.1. The first-order chi connectivity index (χ1) is 11.4. The summed E-state index contributed by atoms with van der Waals surface area (Å²) < 4.78 is 0. The normalized spacial score (nSPS) is 13.3. The molecule has 2 rings (SSSR count). The molecule has 7 heteroatoms. The van der Waals surface area contributed by atoms with Crippen LogP contribution in [0.15, 0.2) is 29.6 Å². The predicted octanol–water partition coefficient (Wildman–Crippen LogP) is 3.62. The van der Waals surface area contributed by atoms with Gasteiger partial charge in [0.25, 0.3) is 0 Å². The number of amides is 1. The van der Waals surface area contributed by atoms with E-state index in [0.717, 1.165) is 10.6 Å². The zero-order chi connectivity index (χ0) is 17.7. The van der Waals surface area contributed by atoms with Gasteiger partial charge in [-0.25, -0.2) is 9.78 Å². The van der Waals surface area contributed by atoms with E-state index in [4.69, 9.17) is 11.6 Å². The first-order valence-corrected chi connectivity index (χ1v) is 8.89. The van der Waals surface area contributed by atoms with Gasteiger partial charge in [-0.1, -0.05) is 44.0 Å². The summed E-state index contributed by atoms with van der Waals surface area (Å²) in [7, 11) is 0. The number of carbonyl (C=O) groups excluding carboxylic acids is 1. The van der Waals surface area contributed by atoms with E-state index in [1.54, 1.807) is 18.4 Å². The van der Waals surface area contributed by atoms with E-state index in [2.05, 4.69) is 10.3 Å². The van der Waals surface area contributed by atoms with Crippen molar-refractivity contribution in [1.82, 2.24) is 10.3 Å². The van der Waals surface area contributed by atoms with Crippen LogP contribution in [0.1, 0.15) is 26.0 Å². The summed E-state index contributed by atoms with van der Waals surface area (Å²) in [5.74, 6) is -1.50. The second-order valence-corrected chi connectivity index (χ2v) is 6.89. The van der Waals surface area contributed by atoms with E-state index in [9.17, 15) is 14.7 Å². The van der Waals surface area contributed by atoms with E-state index in [1.807, 2.05) is 25.1 Å². The smallest absolute Gasteiger partial charge is 0.326 e. The van der Waals surface area contributed by atoms with Crippen molar-refractivity contribution in [3.63, 3.8) is 0 Å². The third-order valence-corrected chi connectivity index (χ3v) is 4.94. The van der Waals surface area contributed by atoms with Crippen LogP contribution in [-0.2, 0) is 16.0 Å². The molecule has 1 heterocycles. The standard InChI is InChI=1S/C17H19ClN2O3S/c1-3-10(2)15(17(22)23)20-14(21)8-13-9-24-16(19-13)11-5-4-6-12(18)7-11/h4-7,9-10,15H,3,8H2,1-2H3,(H,20,21)(H,22,23)/t10-,15-/m0/s1. The molecule has 128 valence electrons. The molecule has 1 aromatic heterocycles. The van der Waals surface area contributed by atoms with Crippen LogP contribution in [0.5, 0.6) is 0 Å². The number of halogens is 1. The summed E-state index contributed by atoms with van der Waals surface area (Å²) in [4.78, 5) is 27.8. The van der Waals surface area contributed by atoms with Crippen LogP contribution in [0, 0.1) is 5.92 Å². The number of carboxylic acids is 1. The molecular weight excluding hydrogens is 348 g/mol. The molecular formula is C17H19ClN2O3S. The Kier molecular flexibility index (Phi) is 6.34. The number of benzene rings is 1. The third kappa shape index (κ3) is 4.79.